The molecule has 0 bridgehead atoms. The van der Waals surface area contributed by atoms with Crippen LogP contribution in [-0.2, 0) is 6.54 Å². The van der Waals surface area contributed by atoms with Crippen LogP contribution >= 0.6 is 0 Å². The van der Waals surface area contributed by atoms with E-state index >= 15 is 0 Å². The second-order valence-corrected chi connectivity index (χ2v) is 5.06. The lowest BCUT2D eigenvalue weighted by Gasteiger charge is -2.06. The SMILES string of the molecule is Cc1cc(-c2ncn(Cc3ccccc3)c2N)ccc1F. The quantitative estimate of drug-likeness (QED) is 0.796. The Morgan fingerprint density at radius 3 is 2.62 bits per heavy atom. The van der Waals surface area contributed by atoms with Crippen molar-refractivity contribution < 1.29 is 4.39 Å². The van der Waals surface area contributed by atoms with Gasteiger partial charge < -0.3 is 10.3 Å². The van der Waals surface area contributed by atoms with Gasteiger partial charge in [-0.1, -0.05) is 30.3 Å². The number of aromatic nitrogens is 2. The van der Waals surface area contributed by atoms with E-state index in [4.69, 9.17) is 5.73 Å². The number of hydrogen-bond donors (Lipinski definition) is 1. The highest BCUT2D eigenvalue weighted by Gasteiger charge is 2.11. The highest BCUT2D eigenvalue weighted by molar-refractivity contribution is 5.71. The Labute approximate surface area is 122 Å². The lowest BCUT2D eigenvalue weighted by Crippen LogP contribution is -2.03. The average molecular weight is 281 g/mol. The van der Waals surface area contributed by atoms with Crippen molar-refractivity contribution in [2.45, 2.75) is 13.5 Å². The predicted octanol–water partition coefficient (Wildman–Crippen LogP) is 3.63. The van der Waals surface area contributed by atoms with E-state index in [1.807, 2.05) is 34.9 Å². The molecular weight excluding hydrogens is 265 g/mol. The Bertz CT molecular complexity index is 763. The minimum atomic E-state index is -0.221. The molecule has 0 amide bonds. The molecule has 0 unspecified atom stereocenters. The van der Waals surface area contributed by atoms with E-state index in [9.17, 15) is 4.39 Å². The molecule has 0 aliphatic heterocycles. The minimum Gasteiger partial charge on any atom is -0.383 e. The number of imidazole rings is 1. The zero-order valence-corrected chi connectivity index (χ0v) is 11.8. The van der Waals surface area contributed by atoms with Gasteiger partial charge in [-0.15, -0.1) is 0 Å². The summed E-state index contributed by atoms with van der Waals surface area (Å²) >= 11 is 0. The summed E-state index contributed by atoms with van der Waals surface area (Å²) in [6.07, 6.45) is 1.72. The van der Waals surface area contributed by atoms with Gasteiger partial charge in [-0.05, 0) is 36.2 Å². The van der Waals surface area contributed by atoms with E-state index in [0.717, 1.165) is 11.1 Å². The van der Waals surface area contributed by atoms with Gasteiger partial charge in [-0.3, -0.25) is 0 Å². The van der Waals surface area contributed by atoms with E-state index in [1.54, 1.807) is 25.4 Å². The third kappa shape index (κ3) is 2.65. The van der Waals surface area contributed by atoms with Crippen LogP contribution < -0.4 is 5.73 Å². The first-order valence-corrected chi connectivity index (χ1v) is 6.76. The number of nitrogens with zero attached hydrogens (tertiary/aromatic N) is 2. The molecule has 21 heavy (non-hydrogen) atoms. The Morgan fingerprint density at radius 1 is 1.14 bits per heavy atom. The molecule has 0 saturated carbocycles. The fraction of sp³-hybridized carbons (Fsp3) is 0.118. The zero-order valence-electron chi connectivity index (χ0n) is 11.8. The lowest BCUT2D eigenvalue weighted by atomic mass is 10.1. The van der Waals surface area contributed by atoms with Gasteiger partial charge in [0.05, 0.1) is 12.9 Å². The third-order valence-corrected chi connectivity index (χ3v) is 3.51. The van der Waals surface area contributed by atoms with Gasteiger partial charge in [-0.25, -0.2) is 9.37 Å². The van der Waals surface area contributed by atoms with Gasteiger partial charge in [0.15, 0.2) is 0 Å². The highest BCUT2D eigenvalue weighted by Crippen LogP contribution is 2.26. The van der Waals surface area contributed by atoms with Crippen molar-refractivity contribution in [2.24, 2.45) is 0 Å². The molecule has 0 fully saturated rings. The number of halogens is 1. The maximum Gasteiger partial charge on any atom is 0.131 e. The van der Waals surface area contributed by atoms with Gasteiger partial charge in [0.1, 0.15) is 17.3 Å². The fourth-order valence-electron chi connectivity index (χ4n) is 2.31. The zero-order chi connectivity index (χ0) is 14.8. The number of anilines is 1. The van der Waals surface area contributed by atoms with Crippen molar-refractivity contribution in [2.75, 3.05) is 5.73 Å². The molecule has 0 radical (unpaired) electrons. The molecule has 1 heterocycles. The van der Waals surface area contributed by atoms with Gasteiger partial charge in [0.2, 0.25) is 0 Å². The van der Waals surface area contributed by atoms with Crippen LogP contribution in [0.2, 0.25) is 0 Å². The summed E-state index contributed by atoms with van der Waals surface area (Å²) in [5.74, 6) is 0.367. The maximum absolute atomic E-state index is 13.4. The van der Waals surface area contributed by atoms with E-state index in [1.165, 1.54) is 6.07 Å². The summed E-state index contributed by atoms with van der Waals surface area (Å²) in [4.78, 5) is 4.37. The monoisotopic (exact) mass is 281 g/mol. The van der Waals surface area contributed by atoms with Crippen molar-refractivity contribution in [3.05, 3.63) is 71.8 Å². The summed E-state index contributed by atoms with van der Waals surface area (Å²) in [7, 11) is 0. The van der Waals surface area contributed by atoms with Crippen molar-refractivity contribution in [3.63, 3.8) is 0 Å². The van der Waals surface area contributed by atoms with Gasteiger partial charge in [-0.2, -0.15) is 0 Å². The first kappa shape index (κ1) is 13.4. The number of benzene rings is 2. The molecule has 0 aliphatic carbocycles. The molecule has 1 aromatic heterocycles. The van der Waals surface area contributed by atoms with Crippen LogP contribution in [0.5, 0.6) is 0 Å². The number of rotatable bonds is 3. The first-order chi connectivity index (χ1) is 10.1. The molecule has 0 saturated heterocycles. The van der Waals surface area contributed by atoms with Crippen molar-refractivity contribution in [1.29, 1.82) is 0 Å². The van der Waals surface area contributed by atoms with Crippen LogP contribution in [0.3, 0.4) is 0 Å². The molecule has 4 heteroatoms. The smallest absolute Gasteiger partial charge is 0.131 e. The van der Waals surface area contributed by atoms with Gasteiger partial charge in [0.25, 0.3) is 0 Å². The Kier molecular flexibility index (Phi) is 3.44. The number of aryl methyl sites for hydroxylation is 1. The molecule has 0 spiro atoms. The van der Waals surface area contributed by atoms with Crippen LogP contribution in [0, 0.1) is 12.7 Å². The summed E-state index contributed by atoms with van der Waals surface area (Å²) in [6.45, 7) is 2.40. The summed E-state index contributed by atoms with van der Waals surface area (Å²) in [5, 5.41) is 0. The van der Waals surface area contributed by atoms with Crippen LogP contribution in [0.1, 0.15) is 11.1 Å². The minimum absolute atomic E-state index is 0.221. The van der Waals surface area contributed by atoms with Gasteiger partial charge in [0, 0.05) is 5.56 Å². The standard InChI is InChI=1S/C17H16FN3/c1-12-9-14(7-8-15(12)18)16-17(19)21(11-20-16)10-13-5-3-2-4-6-13/h2-9,11H,10,19H2,1H3. The van der Waals surface area contributed by atoms with Crippen LogP contribution in [-0.4, -0.2) is 9.55 Å². The molecule has 3 aromatic rings. The molecule has 3 nitrogen and oxygen atoms in total. The molecule has 2 N–H and O–H groups in total. The molecule has 0 aliphatic rings. The topological polar surface area (TPSA) is 43.8 Å². The Morgan fingerprint density at radius 2 is 1.90 bits per heavy atom. The molecule has 106 valence electrons. The van der Waals surface area contributed by atoms with Crippen molar-refractivity contribution >= 4 is 5.82 Å². The molecule has 0 atom stereocenters. The summed E-state index contributed by atoms with van der Waals surface area (Å²) < 4.78 is 15.2. The van der Waals surface area contributed by atoms with Crippen molar-refractivity contribution in [3.8, 4) is 11.3 Å². The second-order valence-electron chi connectivity index (χ2n) is 5.06. The highest BCUT2D eigenvalue weighted by atomic mass is 19.1. The number of hydrogen-bond acceptors (Lipinski definition) is 2. The van der Waals surface area contributed by atoms with E-state index in [0.29, 0.717) is 23.6 Å². The normalized spacial score (nSPS) is 10.8. The molecule has 3 rings (SSSR count). The predicted molar refractivity (Wildman–Crippen MR) is 82.3 cm³/mol. The van der Waals surface area contributed by atoms with Crippen LogP contribution in [0.15, 0.2) is 54.9 Å². The average Bonchev–Trinajstić information content (AvgIpc) is 2.84. The Hall–Kier alpha value is -2.62. The van der Waals surface area contributed by atoms with E-state index in [-0.39, 0.29) is 5.82 Å². The number of nitrogens with two attached hydrogens (primary N) is 1. The Balaban J connectivity index is 1.93. The van der Waals surface area contributed by atoms with E-state index in [2.05, 4.69) is 4.98 Å². The van der Waals surface area contributed by atoms with Crippen molar-refractivity contribution in [1.82, 2.24) is 9.55 Å². The third-order valence-electron chi connectivity index (χ3n) is 3.51. The maximum atomic E-state index is 13.4. The van der Waals surface area contributed by atoms with Crippen LogP contribution in [0.25, 0.3) is 11.3 Å². The van der Waals surface area contributed by atoms with E-state index < -0.39 is 0 Å². The summed E-state index contributed by atoms with van der Waals surface area (Å²) in [5.41, 5.74) is 9.44. The van der Waals surface area contributed by atoms with Crippen LogP contribution in [0.4, 0.5) is 10.2 Å². The fourth-order valence-corrected chi connectivity index (χ4v) is 2.31. The lowest BCUT2D eigenvalue weighted by molar-refractivity contribution is 0.619. The first-order valence-electron chi connectivity index (χ1n) is 6.76. The summed E-state index contributed by atoms with van der Waals surface area (Å²) in [6, 6.07) is 15.0. The van der Waals surface area contributed by atoms with Gasteiger partial charge >= 0.3 is 0 Å². The molecule has 2 aromatic carbocycles. The number of nitrogen functional groups attached to an aromatic ring is 1. The second kappa shape index (κ2) is 5.40. The largest absolute Gasteiger partial charge is 0.383 e. The molecular formula is C17H16FN3.